The molecule has 1 aliphatic heterocycles. The van der Waals surface area contributed by atoms with Crippen molar-refractivity contribution in [3.63, 3.8) is 0 Å². The van der Waals surface area contributed by atoms with E-state index in [-0.39, 0.29) is 5.84 Å². The first-order chi connectivity index (χ1) is 8.76. The van der Waals surface area contributed by atoms with Crippen LogP contribution in [-0.4, -0.2) is 34.1 Å². The van der Waals surface area contributed by atoms with Crippen molar-refractivity contribution in [2.45, 2.75) is 26.2 Å². The Bertz CT molecular complexity index is 434. The molecule has 1 saturated heterocycles. The Hall–Kier alpha value is -1.85. The van der Waals surface area contributed by atoms with E-state index < -0.39 is 0 Å². The predicted octanol–water partition coefficient (Wildman–Crippen LogP) is 1.20. The highest BCUT2D eigenvalue weighted by Crippen LogP contribution is 2.24. The van der Waals surface area contributed by atoms with Crippen LogP contribution in [-0.2, 0) is 0 Å². The number of piperidine rings is 1. The van der Waals surface area contributed by atoms with Crippen molar-refractivity contribution in [3.05, 3.63) is 18.1 Å². The molecule has 2 rings (SSSR count). The molecule has 1 aromatic rings. The van der Waals surface area contributed by atoms with Crippen LogP contribution in [0, 0.1) is 5.92 Å². The number of hydrogen-bond donors (Lipinski definition) is 2. The first-order valence-electron chi connectivity index (χ1n) is 6.30. The molecule has 6 heteroatoms. The van der Waals surface area contributed by atoms with Crippen molar-refractivity contribution < 1.29 is 5.21 Å². The van der Waals surface area contributed by atoms with Crippen LogP contribution in [0.25, 0.3) is 0 Å². The van der Waals surface area contributed by atoms with E-state index in [1.807, 2.05) is 0 Å². The van der Waals surface area contributed by atoms with Crippen molar-refractivity contribution in [1.82, 2.24) is 9.97 Å². The summed E-state index contributed by atoms with van der Waals surface area (Å²) in [6, 6.07) is 0. The fourth-order valence-electron chi connectivity index (χ4n) is 2.38. The van der Waals surface area contributed by atoms with Gasteiger partial charge in [-0.05, 0) is 18.8 Å². The summed E-state index contributed by atoms with van der Waals surface area (Å²) in [7, 11) is 0. The normalized spacial score (nSPS) is 21.1. The Morgan fingerprint density at radius 3 is 3.06 bits per heavy atom. The maximum absolute atomic E-state index is 8.79. The summed E-state index contributed by atoms with van der Waals surface area (Å²) < 4.78 is 0. The zero-order valence-electron chi connectivity index (χ0n) is 10.6. The number of nitrogens with two attached hydrogens (primary N) is 1. The van der Waals surface area contributed by atoms with Crippen molar-refractivity contribution >= 4 is 11.7 Å². The monoisotopic (exact) mass is 249 g/mol. The lowest BCUT2D eigenvalue weighted by molar-refractivity contribution is 0.318. The molecule has 1 unspecified atom stereocenters. The Labute approximate surface area is 107 Å². The van der Waals surface area contributed by atoms with Crippen LogP contribution in [0.3, 0.4) is 0 Å². The number of aromatic nitrogens is 2. The third-order valence-electron chi connectivity index (χ3n) is 3.43. The molecule has 1 aromatic heterocycles. The molecule has 1 aliphatic rings. The van der Waals surface area contributed by atoms with Gasteiger partial charge in [0, 0.05) is 25.5 Å². The van der Waals surface area contributed by atoms with Crippen molar-refractivity contribution in [2.75, 3.05) is 18.0 Å². The number of anilines is 1. The molecule has 0 aromatic carbocycles. The van der Waals surface area contributed by atoms with Gasteiger partial charge >= 0.3 is 0 Å². The maximum Gasteiger partial charge on any atom is 0.192 e. The third kappa shape index (κ3) is 2.52. The van der Waals surface area contributed by atoms with Gasteiger partial charge in [0.05, 0.1) is 0 Å². The smallest absolute Gasteiger partial charge is 0.192 e. The zero-order chi connectivity index (χ0) is 13.0. The van der Waals surface area contributed by atoms with E-state index in [0.29, 0.717) is 17.4 Å². The summed E-state index contributed by atoms with van der Waals surface area (Å²) in [6.45, 7) is 4.11. The first-order valence-corrected chi connectivity index (χ1v) is 6.30. The minimum atomic E-state index is 0.0109. The minimum Gasteiger partial charge on any atom is -0.409 e. The van der Waals surface area contributed by atoms with Gasteiger partial charge in [0.15, 0.2) is 17.3 Å². The Morgan fingerprint density at radius 1 is 1.56 bits per heavy atom. The predicted molar refractivity (Wildman–Crippen MR) is 69.8 cm³/mol. The highest BCUT2D eigenvalue weighted by Gasteiger charge is 2.23. The van der Waals surface area contributed by atoms with Gasteiger partial charge < -0.3 is 15.8 Å². The quantitative estimate of drug-likeness (QED) is 0.364. The molecule has 1 fully saturated rings. The Morgan fingerprint density at radius 2 is 2.33 bits per heavy atom. The van der Waals surface area contributed by atoms with Crippen LogP contribution in [0.2, 0.25) is 0 Å². The molecule has 3 N–H and O–H groups in total. The van der Waals surface area contributed by atoms with E-state index in [2.05, 4.69) is 26.9 Å². The molecular formula is C12H19N5O. The van der Waals surface area contributed by atoms with E-state index >= 15 is 0 Å². The average molecular weight is 249 g/mol. The molecule has 6 nitrogen and oxygen atoms in total. The maximum atomic E-state index is 8.79. The SMILES string of the molecule is CCC1CCCN(c2nccnc2C(N)=NO)C1. The second kappa shape index (κ2) is 5.66. The molecule has 1 atom stereocenters. The standard InChI is InChI=1S/C12H19N5O/c1-2-9-4-3-7-17(8-9)12-10(11(13)16-18)14-5-6-15-12/h5-6,9,18H,2-4,7-8H2,1H3,(H2,13,16). The van der Waals surface area contributed by atoms with Crippen LogP contribution in [0.1, 0.15) is 31.9 Å². The molecule has 2 heterocycles. The summed E-state index contributed by atoms with van der Waals surface area (Å²) in [6.07, 6.45) is 6.75. The molecule has 98 valence electrons. The fraction of sp³-hybridized carbons (Fsp3) is 0.583. The topological polar surface area (TPSA) is 87.6 Å². The van der Waals surface area contributed by atoms with Gasteiger partial charge in [-0.25, -0.2) is 9.97 Å². The highest BCUT2D eigenvalue weighted by atomic mass is 16.4. The summed E-state index contributed by atoms with van der Waals surface area (Å²) in [5.41, 5.74) is 6.10. The molecular weight excluding hydrogens is 230 g/mol. The number of oxime groups is 1. The van der Waals surface area contributed by atoms with E-state index in [4.69, 9.17) is 10.9 Å². The van der Waals surface area contributed by atoms with Crippen LogP contribution >= 0.6 is 0 Å². The second-order valence-corrected chi connectivity index (χ2v) is 4.58. The Balaban J connectivity index is 2.27. The minimum absolute atomic E-state index is 0.0109. The van der Waals surface area contributed by atoms with E-state index in [9.17, 15) is 0 Å². The number of amidine groups is 1. The third-order valence-corrected chi connectivity index (χ3v) is 3.43. The van der Waals surface area contributed by atoms with Gasteiger partial charge in [-0.2, -0.15) is 0 Å². The fourth-order valence-corrected chi connectivity index (χ4v) is 2.38. The number of nitrogens with zero attached hydrogens (tertiary/aromatic N) is 4. The van der Waals surface area contributed by atoms with Gasteiger partial charge in [-0.15, -0.1) is 0 Å². The van der Waals surface area contributed by atoms with E-state index in [0.717, 1.165) is 25.9 Å². The second-order valence-electron chi connectivity index (χ2n) is 4.58. The lowest BCUT2D eigenvalue weighted by atomic mass is 9.95. The van der Waals surface area contributed by atoms with E-state index in [1.54, 1.807) is 12.4 Å². The molecule has 0 bridgehead atoms. The summed E-state index contributed by atoms with van der Waals surface area (Å²) in [5, 5.41) is 11.8. The Kier molecular flexibility index (Phi) is 3.96. The van der Waals surface area contributed by atoms with Crippen molar-refractivity contribution in [1.29, 1.82) is 0 Å². The van der Waals surface area contributed by atoms with Gasteiger partial charge in [0.25, 0.3) is 0 Å². The summed E-state index contributed by atoms with van der Waals surface area (Å²) in [4.78, 5) is 10.7. The van der Waals surface area contributed by atoms with Crippen LogP contribution < -0.4 is 10.6 Å². The molecule has 18 heavy (non-hydrogen) atoms. The molecule has 0 spiro atoms. The zero-order valence-corrected chi connectivity index (χ0v) is 10.6. The van der Waals surface area contributed by atoms with E-state index in [1.165, 1.54) is 6.42 Å². The lowest BCUT2D eigenvalue weighted by Crippen LogP contribution is -2.37. The highest BCUT2D eigenvalue weighted by molar-refractivity contribution is 5.99. The van der Waals surface area contributed by atoms with Gasteiger partial charge in [-0.1, -0.05) is 18.5 Å². The average Bonchev–Trinajstić information content (AvgIpc) is 2.46. The van der Waals surface area contributed by atoms with Crippen LogP contribution in [0.5, 0.6) is 0 Å². The summed E-state index contributed by atoms with van der Waals surface area (Å²) in [5.74, 6) is 1.41. The largest absolute Gasteiger partial charge is 0.409 e. The van der Waals surface area contributed by atoms with Crippen LogP contribution in [0.4, 0.5) is 5.82 Å². The number of hydrogen-bond acceptors (Lipinski definition) is 5. The number of rotatable bonds is 3. The van der Waals surface area contributed by atoms with Gasteiger partial charge in [0.1, 0.15) is 0 Å². The molecule has 0 radical (unpaired) electrons. The summed E-state index contributed by atoms with van der Waals surface area (Å²) >= 11 is 0. The van der Waals surface area contributed by atoms with Crippen LogP contribution in [0.15, 0.2) is 17.5 Å². The molecule has 0 aliphatic carbocycles. The molecule has 0 saturated carbocycles. The molecule has 0 amide bonds. The van der Waals surface area contributed by atoms with Crippen molar-refractivity contribution in [2.24, 2.45) is 16.8 Å². The van der Waals surface area contributed by atoms with Gasteiger partial charge in [-0.3, -0.25) is 0 Å². The van der Waals surface area contributed by atoms with Gasteiger partial charge in [0.2, 0.25) is 0 Å². The van der Waals surface area contributed by atoms with Crippen molar-refractivity contribution in [3.8, 4) is 0 Å². The first kappa shape index (κ1) is 12.6. The lowest BCUT2D eigenvalue weighted by Gasteiger charge is -2.33.